The summed E-state index contributed by atoms with van der Waals surface area (Å²) in [5.74, 6) is 2.56. The Morgan fingerprint density at radius 1 is 1.25 bits per heavy atom. The molecular weight excluding hydrogens is 430 g/mol. The van der Waals surface area contributed by atoms with Gasteiger partial charge in [-0.25, -0.2) is 14.6 Å². The standard InChI is InChI=1S/C21H29N7O3S/c1-4-32-21-24-19(27-9-11-30-12-10-27)17-13-23-28(20(17)25-21)8-7-22-18(29)6-5-16-14(2)26-31-15(16)3/h13H,4-12H2,1-3H3,(H,22,29). The zero-order chi connectivity index (χ0) is 22.5. The summed E-state index contributed by atoms with van der Waals surface area (Å²) in [5.41, 5.74) is 2.64. The van der Waals surface area contributed by atoms with Crippen molar-refractivity contribution in [2.75, 3.05) is 43.5 Å². The number of carbonyl (C=O) groups is 1. The number of nitrogens with zero attached hydrogens (tertiary/aromatic N) is 6. The van der Waals surface area contributed by atoms with Crippen LogP contribution in [0.25, 0.3) is 11.0 Å². The van der Waals surface area contributed by atoms with Gasteiger partial charge < -0.3 is 19.5 Å². The number of amides is 1. The Kier molecular flexibility index (Phi) is 7.26. The minimum Gasteiger partial charge on any atom is -0.378 e. The van der Waals surface area contributed by atoms with Crippen molar-refractivity contribution < 1.29 is 14.1 Å². The van der Waals surface area contributed by atoms with Crippen molar-refractivity contribution in [3.8, 4) is 0 Å². The Hall–Kier alpha value is -2.66. The number of nitrogens with one attached hydrogen (secondary N) is 1. The first kappa shape index (κ1) is 22.5. The fourth-order valence-electron chi connectivity index (χ4n) is 3.78. The second kappa shape index (κ2) is 10.3. The van der Waals surface area contributed by atoms with E-state index in [0.29, 0.717) is 39.1 Å². The van der Waals surface area contributed by atoms with Gasteiger partial charge in [-0.1, -0.05) is 23.8 Å². The smallest absolute Gasteiger partial charge is 0.220 e. The summed E-state index contributed by atoms with van der Waals surface area (Å²) >= 11 is 1.61. The maximum absolute atomic E-state index is 12.3. The third-order valence-corrected chi connectivity index (χ3v) is 6.20. The van der Waals surface area contributed by atoms with E-state index in [1.54, 1.807) is 11.8 Å². The van der Waals surface area contributed by atoms with Crippen molar-refractivity contribution in [2.45, 2.75) is 45.3 Å². The molecule has 0 spiro atoms. The van der Waals surface area contributed by atoms with Crippen LogP contribution < -0.4 is 10.2 Å². The SMILES string of the molecule is CCSc1nc(N2CCOCC2)c2cnn(CCNC(=O)CCc3c(C)noc3C)c2n1. The van der Waals surface area contributed by atoms with E-state index in [2.05, 4.69) is 27.4 Å². The molecule has 0 bridgehead atoms. The quantitative estimate of drug-likeness (QED) is 0.380. The van der Waals surface area contributed by atoms with Gasteiger partial charge in [0.05, 0.1) is 37.0 Å². The number of fused-ring (bicyclic) bond motifs is 1. The van der Waals surface area contributed by atoms with Crippen molar-refractivity contribution in [1.82, 2.24) is 30.2 Å². The largest absolute Gasteiger partial charge is 0.378 e. The number of carbonyl (C=O) groups excluding carboxylic acids is 1. The lowest BCUT2D eigenvalue weighted by atomic mass is 10.1. The highest BCUT2D eigenvalue weighted by molar-refractivity contribution is 7.99. The van der Waals surface area contributed by atoms with Crippen molar-refractivity contribution in [2.24, 2.45) is 0 Å². The van der Waals surface area contributed by atoms with E-state index in [9.17, 15) is 4.79 Å². The van der Waals surface area contributed by atoms with Gasteiger partial charge in [-0.3, -0.25) is 4.79 Å². The third kappa shape index (κ3) is 5.04. The second-order valence-corrected chi connectivity index (χ2v) is 8.85. The molecule has 0 radical (unpaired) electrons. The monoisotopic (exact) mass is 459 g/mol. The molecule has 172 valence electrons. The van der Waals surface area contributed by atoms with Crippen LogP contribution in [0.1, 0.15) is 30.4 Å². The predicted octanol–water partition coefficient (Wildman–Crippen LogP) is 2.13. The molecule has 1 aliphatic rings. The fourth-order valence-corrected chi connectivity index (χ4v) is 4.34. The lowest BCUT2D eigenvalue weighted by Crippen LogP contribution is -2.37. The van der Waals surface area contributed by atoms with E-state index >= 15 is 0 Å². The number of hydrogen-bond acceptors (Lipinski definition) is 9. The van der Waals surface area contributed by atoms with Crippen LogP contribution in [0.2, 0.25) is 0 Å². The summed E-state index contributed by atoms with van der Waals surface area (Å²) in [7, 11) is 0. The van der Waals surface area contributed by atoms with E-state index in [1.807, 2.05) is 24.7 Å². The van der Waals surface area contributed by atoms with Crippen LogP contribution in [-0.2, 0) is 22.5 Å². The van der Waals surface area contributed by atoms with Crippen LogP contribution in [0, 0.1) is 13.8 Å². The highest BCUT2D eigenvalue weighted by atomic mass is 32.2. The zero-order valence-electron chi connectivity index (χ0n) is 18.8. The van der Waals surface area contributed by atoms with Gasteiger partial charge in [0.25, 0.3) is 0 Å². The number of aromatic nitrogens is 5. The number of aryl methyl sites for hydroxylation is 2. The number of anilines is 1. The first-order valence-corrected chi connectivity index (χ1v) is 11.9. The van der Waals surface area contributed by atoms with Gasteiger partial charge in [0.1, 0.15) is 11.6 Å². The molecule has 1 N–H and O–H groups in total. The van der Waals surface area contributed by atoms with Crippen LogP contribution in [0.3, 0.4) is 0 Å². The van der Waals surface area contributed by atoms with Crippen molar-refractivity contribution in [3.05, 3.63) is 23.2 Å². The van der Waals surface area contributed by atoms with Gasteiger partial charge in [-0.05, 0) is 26.0 Å². The maximum atomic E-state index is 12.3. The normalized spacial score (nSPS) is 14.3. The molecule has 3 aromatic heterocycles. The fraction of sp³-hybridized carbons (Fsp3) is 0.571. The predicted molar refractivity (Wildman–Crippen MR) is 122 cm³/mol. The molecule has 0 atom stereocenters. The third-order valence-electron chi connectivity index (χ3n) is 5.47. The molecule has 3 aromatic rings. The molecule has 1 fully saturated rings. The average molecular weight is 460 g/mol. The molecule has 10 nitrogen and oxygen atoms in total. The molecule has 1 amide bonds. The first-order chi connectivity index (χ1) is 15.6. The first-order valence-electron chi connectivity index (χ1n) is 10.9. The van der Waals surface area contributed by atoms with Crippen molar-refractivity contribution in [1.29, 1.82) is 0 Å². The number of ether oxygens (including phenoxy) is 1. The van der Waals surface area contributed by atoms with Gasteiger partial charge in [-0.15, -0.1) is 0 Å². The Morgan fingerprint density at radius 3 is 2.78 bits per heavy atom. The number of hydrogen-bond donors (Lipinski definition) is 1. The summed E-state index contributed by atoms with van der Waals surface area (Å²) in [6, 6.07) is 0. The number of rotatable bonds is 9. The van der Waals surface area contributed by atoms with E-state index in [-0.39, 0.29) is 5.91 Å². The van der Waals surface area contributed by atoms with Crippen LogP contribution >= 0.6 is 11.8 Å². The zero-order valence-corrected chi connectivity index (χ0v) is 19.6. The molecular formula is C21H29N7O3S. The highest BCUT2D eigenvalue weighted by Gasteiger charge is 2.20. The Labute approximate surface area is 191 Å². The lowest BCUT2D eigenvalue weighted by molar-refractivity contribution is -0.121. The summed E-state index contributed by atoms with van der Waals surface area (Å²) in [6.45, 7) is 9.84. The van der Waals surface area contributed by atoms with Crippen molar-refractivity contribution >= 4 is 34.5 Å². The van der Waals surface area contributed by atoms with E-state index in [0.717, 1.165) is 57.9 Å². The summed E-state index contributed by atoms with van der Waals surface area (Å²) < 4.78 is 12.5. The molecule has 1 aliphatic heterocycles. The molecule has 0 saturated carbocycles. The molecule has 0 aliphatic carbocycles. The highest BCUT2D eigenvalue weighted by Crippen LogP contribution is 2.27. The molecule has 11 heteroatoms. The van der Waals surface area contributed by atoms with Crippen molar-refractivity contribution in [3.63, 3.8) is 0 Å². The number of thioether (sulfide) groups is 1. The van der Waals surface area contributed by atoms with E-state index in [4.69, 9.17) is 19.2 Å². The van der Waals surface area contributed by atoms with Crippen LogP contribution in [-0.4, -0.2) is 69.4 Å². The molecule has 4 rings (SSSR count). The van der Waals surface area contributed by atoms with Gasteiger partial charge in [0.15, 0.2) is 10.8 Å². The minimum atomic E-state index is -0.00711. The van der Waals surface area contributed by atoms with Gasteiger partial charge in [0.2, 0.25) is 5.91 Å². The summed E-state index contributed by atoms with van der Waals surface area (Å²) in [5, 5.41) is 13.1. The maximum Gasteiger partial charge on any atom is 0.220 e. The van der Waals surface area contributed by atoms with E-state index < -0.39 is 0 Å². The van der Waals surface area contributed by atoms with Crippen LogP contribution in [0.15, 0.2) is 15.9 Å². The molecule has 1 saturated heterocycles. The second-order valence-electron chi connectivity index (χ2n) is 7.62. The molecule has 4 heterocycles. The van der Waals surface area contributed by atoms with Gasteiger partial charge in [0, 0.05) is 31.6 Å². The molecule has 0 unspecified atom stereocenters. The minimum absolute atomic E-state index is 0.00711. The Bertz CT molecular complexity index is 1060. The van der Waals surface area contributed by atoms with Crippen LogP contribution in [0.5, 0.6) is 0 Å². The lowest BCUT2D eigenvalue weighted by Gasteiger charge is -2.28. The van der Waals surface area contributed by atoms with Crippen LogP contribution in [0.4, 0.5) is 5.82 Å². The van der Waals surface area contributed by atoms with Gasteiger partial charge >= 0.3 is 0 Å². The Balaban J connectivity index is 1.41. The summed E-state index contributed by atoms with van der Waals surface area (Å²) in [6.07, 6.45) is 2.83. The molecule has 0 aromatic carbocycles. The number of morpholine rings is 1. The van der Waals surface area contributed by atoms with E-state index in [1.165, 1.54) is 0 Å². The topological polar surface area (TPSA) is 111 Å². The molecule has 32 heavy (non-hydrogen) atoms. The Morgan fingerprint density at radius 2 is 2.06 bits per heavy atom. The summed E-state index contributed by atoms with van der Waals surface area (Å²) in [4.78, 5) is 24.1. The average Bonchev–Trinajstić information content (AvgIpc) is 3.35. The van der Waals surface area contributed by atoms with Gasteiger partial charge in [-0.2, -0.15) is 5.10 Å².